The molecular formula is C18H18Cl2N2O3. The first-order valence-electron chi connectivity index (χ1n) is 7.75. The van der Waals surface area contributed by atoms with Gasteiger partial charge in [-0.3, -0.25) is 0 Å². The molecule has 2 N–H and O–H groups in total. The minimum atomic E-state index is -0.390. The molecule has 132 valence electrons. The quantitative estimate of drug-likeness (QED) is 0.723. The summed E-state index contributed by atoms with van der Waals surface area (Å²) in [6, 6.07) is 11.4. The number of carbonyl (C=O) groups excluding carboxylic acids is 2. The van der Waals surface area contributed by atoms with Crippen molar-refractivity contribution in [2.45, 2.75) is 13.3 Å². The minimum Gasteiger partial charge on any atom is -0.462 e. The van der Waals surface area contributed by atoms with Gasteiger partial charge in [0.15, 0.2) is 0 Å². The van der Waals surface area contributed by atoms with Gasteiger partial charge in [-0.15, -0.1) is 0 Å². The molecule has 0 spiro atoms. The third kappa shape index (κ3) is 5.96. The van der Waals surface area contributed by atoms with Gasteiger partial charge >= 0.3 is 12.0 Å². The second-order valence-electron chi connectivity index (χ2n) is 5.16. The summed E-state index contributed by atoms with van der Waals surface area (Å²) < 4.78 is 4.90. The van der Waals surface area contributed by atoms with Crippen molar-refractivity contribution < 1.29 is 14.3 Å². The van der Waals surface area contributed by atoms with Crippen molar-refractivity contribution >= 4 is 40.9 Å². The summed E-state index contributed by atoms with van der Waals surface area (Å²) in [7, 11) is 0. The Morgan fingerprint density at radius 3 is 2.44 bits per heavy atom. The Balaban J connectivity index is 1.81. The lowest BCUT2D eigenvalue weighted by Gasteiger charge is -2.09. The second kappa shape index (κ2) is 9.30. The van der Waals surface area contributed by atoms with Crippen molar-refractivity contribution in [3.05, 3.63) is 63.6 Å². The highest BCUT2D eigenvalue weighted by Crippen LogP contribution is 2.21. The normalized spacial score (nSPS) is 10.2. The van der Waals surface area contributed by atoms with E-state index in [0.717, 1.165) is 5.56 Å². The topological polar surface area (TPSA) is 67.4 Å². The number of benzene rings is 2. The van der Waals surface area contributed by atoms with Gasteiger partial charge in [-0.1, -0.05) is 29.3 Å². The Morgan fingerprint density at radius 2 is 1.80 bits per heavy atom. The van der Waals surface area contributed by atoms with E-state index in [-0.39, 0.29) is 6.03 Å². The van der Waals surface area contributed by atoms with Gasteiger partial charge in [0.25, 0.3) is 0 Å². The fourth-order valence-electron chi connectivity index (χ4n) is 2.11. The maximum absolute atomic E-state index is 11.9. The van der Waals surface area contributed by atoms with Gasteiger partial charge in [-0.05, 0) is 55.3 Å². The van der Waals surface area contributed by atoms with Crippen LogP contribution < -0.4 is 10.6 Å². The Hall–Kier alpha value is -2.24. The number of esters is 1. The summed E-state index contributed by atoms with van der Waals surface area (Å²) in [5.74, 6) is -0.390. The number of rotatable bonds is 6. The largest absolute Gasteiger partial charge is 0.462 e. The number of amides is 2. The van der Waals surface area contributed by atoms with Crippen LogP contribution in [0, 0.1) is 0 Å². The number of hydrogen-bond acceptors (Lipinski definition) is 3. The summed E-state index contributed by atoms with van der Waals surface area (Å²) in [4.78, 5) is 23.5. The standard InChI is InChI=1S/C18H18Cl2N2O3/c1-2-25-17(23)13-4-7-15(8-5-13)22-18(24)21-10-9-12-3-6-14(19)11-16(12)20/h3-8,11H,2,9-10H2,1H3,(H2,21,22,24). The lowest BCUT2D eigenvalue weighted by atomic mass is 10.1. The predicted molar refractivity (Wildman–Crippen MR) is 99.6 cm³/mol. The molecule has 0 atom stereocenters. The van der Waals surface area contributed by atoms with Crippen LogP contribution in [0.2, 0.25) is 10.0 Å². The summed E-state index contributed by atoms with van der Waals surface area (Å²) >= 11 is 11.9. The van der Waals surface area contributed by atoms with Crippen molar-refractivity contribution in [3.63, 3.8) is 0 Å². The molecule has 0 radical (unpaired) electrons. The Labute approximate surface area is 156 Å². The first-order chi connectivity index (χ1) is 12.0. The number of anilines is 1. The van der Waals surface area contributed by atoms with E-state index in [4.69, 9.17) is 27.9 Å². The van der Waals surface area contributed by atoms with Crippen LogP contribution in [-0.4, -0.2) is 25.2 Å². The number of hydrogen-bond donors (Lipinski definition) is 2. The molecule has 0 aliphatic heterocycles. The average molecular weight is 381 g/mol. The van der Waals surface area contributed by atoms with Crippen molar-refractivity contribution in [2.24, 2.45) is 0 Å². The first kappa shape index (κ1) is 19.1. The SMILES string of the molecule is CCOC(=O)c1ccc(NC(=O)NCCc2ccc(Cl)cc2Cl)cc1. The smallest absolute Gasteiger partial charge is 0.338 e. The van der Waals surface area contributed by atoms with Gasteiger partial charge in [0.1, 0.15) is 0 Å². The van der Waals surface area contributed by atoms with Gasteiger partial charge in [0.05, 0.1) is 12.2 Å². The van der Waals surface area contributed by atoms with Crippen LogP contribution in [0.15, 0.2) is 42.5 Å². The van der Waals surface area contributed by atoms with Crippen LogP contribution in [0.3, 0.4) is 0 Å². The van der Waals surface area contributed by atoms with Crippen molar-refractivity contribution in [1.29, 1.82) is 0 Å². The summed E-state index contributed by atoms with van der Waals surface area (Å²) in [5.41, 5.74) is 1.92. The maximum atomic E-state index is 11.9. The molecule has 2 aromatic rings. The van der Waals surface area contributed by atoms with E-state index in [2.05, 4.69) is 10.6 Å². The van der Waals surface area contributed by atoms with Gasteiger partial charge in [-0.25, -0.2) is 9.59 Å². The molecule has 2 amide bonds. The molecule has 7 heteroatoms. The third-order valence-corrected chi connectivity index (χ3v) is 3.94. The highest BCUT2D eigenvalue weighted by Gasteiger charge is 2.07. The molecular weight excluding hydrogens is 363 g/mol. The molecule has 0 aliphatic carbocycles. The lowest BCUT2D eigenvalue weighted by Crippen LogP contribution is -2.30. The van der Waals surface area contributed by atoms with E-state index in [1.807, 2.05) is 6.07 Å². The van der Waals surface area contributed by atoms with Gasteiger partial charge in [0, 0.05) is 22.3 Å². The molecule has 0 fully saturated rings. The van der Waals surface area contributed by atoms with Gasteiger partial charge < -0.3 is 15.4 Å². The molecule has 0 heterocycles. The molecule has 25 heavy (non-hydrogen) atoms. The molecule has 0 aliphatic rings. The number of carbonyl (C=O) groups is 2. The molecule has 2 aromatic carbocycles. The van der Waals surface area contributed by atoms with Crippen LogP contribution in [-0.2, 0) is 11.2 Å². The Kier molecular flexibility index (Phi) is 7.10. The van der Waals surface area contributed by atoms with Crippen LogP contribution in [0.5, 0.6) is 0 Å². The third-order valence-electron chi connectivity index (χ3n) is 3.35. The monoisotopic (exact) mass is 380 g/mol. The molecule has 0 saturated carbocycles. The molecule has 0 saturated heterocycles. The predicted octanol–water partition coefficient (Wildman–Crippen LogP) is 4.53. The van der Waals surface area contributed by atoms with E-state index in [0.29, 0.717) is 40.9 Å². The number of halogens is 2. The molecule has 0 aromatic heterocycles. The average Bonchev–Trinajstić information content (AvgIpc) is 2.57. The van der Waals surface area contributed by atoms with Gasteiger partial charge in [0.2, 0.25) is 0 Å². The highest BCUT2D eigenvalue weighted by molar-refractivity contribution is 6.35. The highest BCUT2D eigenvalue weighted by atomic mass is 35.5. The van der Waals surface area contributed by atoms with Gasteiger partial charge in [-0.2, -0.15) is 0 Å². The van der Waals surface area contributed by atoms with Crippen LogP contribution >= 0.6 is 23.2 Å². The summed E-state index contributed by atoms with van der Waals surface area (Å²) in [6.45, 7) is 2.49. The zero-order valence-electron chi connectivity index (χ0n) is 13.6. The van der Waals surface area contributed by atoms with E-state index < -0.39 is 5.97 Å². The lowest BCUT2D eigenvalue weighted by molar-refractivity contribution is 0.0526. The zero-order valence-corrected chi connectivity index (χ0v) is 15.2. The van der Waals surface area contributed by atoms with E-state index >= 15 is 0 Å². The van der Waals surface area contributed by atoms with Crippen LogP contribution in [0.4, 0.5) is 10.5 Å². The number of ether oxygens (including phenoxy) is 1. The minimum absolute atomic E-state index is 0.318. The van der Waals surface area contributed by atoms with Crippen LogP contribution in [0.25, 0.3) is 0 Å². The van der Waals surface area contributed by atoms with Crippen molar-refractivity contribution in [1.82, 2.24) is 5.32 Å². The van der Waals surface area contributed by atoms with Crippen molar-refractivity contribution in [2.75, 3.05) is 18.5 Å². The number of nitrogens with one attached hydrogen (secondary N) is 2. The zero-order chi connectivity index (χ0) is 18.2. The Bertz CT molecular complexity index is 748. The summed E-state index contributed by atoms with van der Waals surface area (Å²) in [6.07, 6.45) is 0.589. The van der Waals surface area contributed by atoms with E-state index in [1.165, 1.54) is 0 Å². The fraction of sp³-hybridized carbons (Fsp3) is 0.222. The Morgan fingerprint density at radius 1 is 1.08 bits per heavy atom. The molecule has 0 unspecified atom stereocenters. The van der Waals surface area contributed by atoms with E-state index in [1.54, 1.807) is 43.3 Å². The molecule has 5 nitrogen and oxygen atoms in total. The number of urea groups is 1. The van der Waals surface area contributed by atoms with Crippen LogP contribution in [0.1, 0.15) is 22.8 Å². The second-order valence-corrected chi connectivity index (χ2v) is 6.01. The summed E-state index contributed by atoms with van der Waals surface area (Å²) in [5, 5.41) is 6.59. The molecule has 0 bridgehead atoms. The maximum Gasteiger partial charge on any atom is 0.338 e. The molecule has 2 rings (SSSR count). The van der Waals surface area contributed by atoms with E-state index in [9.17, 15) is 9.59 Å². The first-order valence-corrected chi connectivity index (χ1v) is 8.51. The fourth-order valence-corrected chi connectivity index (χ4v) is 2.62. The van der Waals surface area contributed by atoms with Crippen molar-refractivity contribution in [3.8, 4) is 0 Å².